The van der Waals surface area contributed by atoms with E-state index in [9.17, 15) is 4.79 Å². The normalized spacial score (nSPS) is 23.6. The molecule has 1 amide bonds. The Bertz CT molecular complexity index is 481. The molecule has 19 heavy (non-hydrogen) atoms. The number of nitrogens with zero attached hydrogens (tertiary/aromatic N) is 1. The maximum absolute atomic E-state index is 12.2. The predicted octanol–water partition coefficient (Wildman–Crippen LogP) is 4.07. The van der Waals surface area contributed by atoms with Crippen LogP contribution in [-0.2, 0) is 4.74 Å². The molecule has 2 rings (SSSR count). The number of hydrogen-bond acceptors (Lipinski definition) is 2. The lowest BCUT2D eigenvalue weighted by Crippen LogP contribution is -2.48. The second-order valence-corrected chi connectivity index (χ2v) is 6.00. The van der Waals surface area contributed by atoms with E-state index in [0.717, 1.165) is 12.0 Å². The van der Waals surface area contributed by atoms with E-state index in [2.05, 4.69) is 46.8 Å². The Hall–Kier alpha value is -1.51. The Kier molecular flexibility index (Phi) is 3.57. The first-order chi connectivity index (χ1) is 8.86. The lowest BCUT2D eigenvalue weighted by atomic mass is 9.95. The SMILES string of the molecule is CCC(C)(C)N1C(=O)O[C@H](c2cccc(C)c2)[C@@H]1C. The maximum Gasteiger partial charge on any atom is 0.411 e. The van der Waals surface area contributed by atoms with Gasteiger partial charge in [0.15, 0.2) is 0 Å². The minimum absolute atomic E-state index is 0.0595. The minimum Gasteiger partial charge on any atom is -0.439 e. The van der Waals surface area contributed by atoms with Gasteiger partial charge in [0.2, 0.25) is 0 Å². The van der Waals surface area contributed by atoms with E-state index in [0.29, 0.717) is 0 Å². The third kappa shape index (κ3) is 2.46. The van der Waals surface area contributed by atoms with Gasteiger partial charge in [-0.15, -0.1) is 0 Å². The molecule has 1 saturated heterocycles. The molecule has 1 aliphatic rings. The highest BCUT2D eigenvalue weighted by atomic mass is 16.6. The number of carbonyl (C=O) groups is 1. The molecule has 0 aromatic heterocycles. The number of aryl methyl sites for hydroxylation is 1. The number of amides is 1. The van der Waals surface area contributed by atoms with Gasteiger partial charge in [0.1, 0.15) is 6.10 Å². The molecule has 1 aromatic rings. The van der Waals surface area contributed by atoms with E-state index < -0.39 is 0 Å². The minimum atomic E-state index is -0.203. The summed E-state index contributed by atoms with van der Waals surface area (Å²) in [7, 11) is 0. The molecule has 104 valence electrons. The number of ether oxygens (including phenoxy) is 1. The Morgan fingerprint density at radius 3 is 2.63 bits per heavy atom. The fraction of sp³-hybridized carbons (Fsp3) is 0.562. The average Bonchev–Trinajstić information content (AvgIpc) is 2.65. The quantitative estimate of drug-likeness (QED) is 0.821. The highest BCUT2D eigenvalue weighted by Gasteiger charge is 2.45. The molecule has 3 heteroatoms. The maximum atomic E-state index is 12.2. The number of hydrogen-bond donors (Lipinski definition) is 0. The van der Waals surface area contributed by atoms with Crippen molar-refractivity contribution < 1.29 is 9.53 Å². The number of rotatable bonds is 3. The number of benzene rings is 1. The van der Waals surface area contributed by atoms with E-state index in [4.69, 9.17) is 4.74 Å². The lowest BCUT2D eigenvalue weighted by molar-refractivity contribution is 0.112. The molecule has 0 aliphatic carbocycles. The van der Waals surface area contributed by atoms with Crippen LogP contribution in [0.3, 0.4) is 0 Å². The Balaban J connectivity index is 2.30. The molecule has 1 aliphatic heterocycles. The molecule has 0 bridgehead atoms. The highest BCUT2D eigenvalue weighted by molar-refractivity contribution is 5.72. The summed E-state index contributed by atoms with van der Waals surface area (Å²) in [5, 5.41) is 0. The van der Waals surface area contributed by atoms with Crippen LogP contribution < -0.4 is 0 Å². The summed E-state index contributed by atoms with van der Waals surface area (Å²) in [5.41, 5.74) is 2.10. The predicted molar refractivity (Wildman–Crippen MR) is 76.1 cm³/mol. The Labute approximate surface area is 115 Å². The van der Waals surface area contributed by atoms with Gasteiger partial charge in [-0.25, -0.2) is 4.79 Å². The van der Waals surface area contributed by atoms with Crippen LogP contribution in [0.5, 0.6) is 0 Å². The molecule has 2 atom stereocenters. The monoisotopic (exact) mass is 261 g/mol. The zero-order valence-corrected chi connectivity index (χ0v) is 12.4. The van der Waals surface area contributed by atoms with Gasteiger partial charge in [-0.2, -0.15) is 0 Å². The molecule has 0 unspecified atom stereocenters. The summed E-state index contributed by atoms with van der Waals surface area (Å²) in [4.78, 5) is 14.0. The summed E-state index contributed by atoms with van der Waals surface area (Å²) in [6.45, 7) is 10.4. The molecular formula is C16H23NO2. The van der Waals surface area contributed by atoms with Crippen LogP contribution in [0.4, 0.5) is 4.79 Å². The molecule has 1 aromatic carbocycles. The summed E-state index contributed by atoms with van der Waals surface area (Å²) in [6, 6.07) is 8.25. The second kappa shape index (κ2) is 4.87. The van der Waals surface area contributed by atoms with Crippen LogP contribution in [0.1, 0.15) is 51.3 Å². The van der Waals surface area contributed by atoms with Crippen molar-refractivity contribution in [1.29, 1.82) is 0 Å². The van der Waals surface area contributed by atoms with E-state index in [-0.39, 0.29) is 23.8 Å². The highest BCUT2D eigenvalue weighted by Crippen LogP contribution is 2.37. The van der Waals surface area contributed by atoms with E-state index >= 15 is 0 Å². The number of cyclic esters (lactones) is 1. The van der Waals surface area contributed by atoms with Crippen molar-refractivity contribution in [2.75, 3.05) is 0 Å². The first kappa shape index (κ1) is 13.9. The molecule has 0 radical (unpaired) electrons. The van der Waals surface area contributed by atoms with Gasteiger partial charge in [0.25, 0.3) is 0 Å². The van der Waals surface area contributed by atoms with Gasteiger partial charge in [-0.1, -0.05) is 36.8 Å². The van der Waals surface area contributed by atoms with Gasteiger partial charge < -0.3 is 4.74 Å². The standard InChI is InChI=1S/C16H23NO2/c1-6-16(4,5)17-12(3)14(19-15(17)18)13-9-7-8-11(2)10-13/h7-10,12,14H,6H2,1-5H3/t12-,14-/m0/s1. The van der Waals surface area contributed by atoms with Gasteiger partial charge in [-0.05, 0) is 39.7 Å². The first-order valence-corrected chi connectivity index (χ1v) is 6.93. The average molecular weight is 261 g/mol. The fourth-order valence-electron chi connectivity index (χ4n) is 2.73. The van der Waals surface area contributed by atoms with Gasteiger partial charge in [0, 0.05) is 5.54 Å². The summed E-state index contributed by atoms with van der Waals surface area (Å²) >= 11 is 0. The van der Waals surface area contributed by atoms with Crippen LogP contribution in [-0.4, -0.2) is 22.6 Å². The zero-order valence-electron chi connectivity index (χ0n) is 12.4. The lowest BCUT2D eigenvalue weighted by Gasteiger charge is -2.36. The van der Waals surface area contributed by atoms with E-state index in [1.807, 2.05) is 17.0 Å². The van der Waals surface area contributed by atoms with Crippen molar-refractivity contribution in [2.24, 2.45) is 0 Å². The summed E-state index contributed by atoms with van der Waals surface area (Å²) in [5.74, 6) is 0. The first-order valence-electron chi connectivity index (χ1n) is 6.93. The Morgan fingerprint density at radius 2 is 2.05 bits per heavy atom. The molecule has 0 saturated carbocycles. The molecule has 0 N–H and O–H groups in total. The third-order valence-corrected chi connectivity index (χ3v) is 4.16. The van der Waals surface area contributed by atoms with Gasteiger partial charge in [0.05, 0.1) is 6.04 Å². The fourth-order valence-corrected chi connectivity index (χ4v) is 2.73. The molecular weight excluding hydrogens is 238 g/mol. The van der Waals surface area contributed by atoms with Crippen molar-refractivity contribution >= 4 is 6.09 Å². The molecule has 3 nitrogen and oxygen atoms in total. The number of carbonyl (C=O) groups excluding carboxylic acids is 1. The third-order valence-electron chi connectivity index (χ3n) is 4.16. The van der Waals surface area contributed by atoms with Crippen molar-refractivity contribution in [3.8, 4) is 0 Å². The van der Waals surface area contributed by atoms with Crippen molar-refractivity contribution in [1.82, 2.24) is 4.90 Å². The molecule has 0 spiro atoms. The van der Waals surface area contributed by atoms with E-state index in [1.165, 1.54) is 5.56 Å². The van der Waals surface area contributed by atoms with Crippen LogP contribution in [0.15, 0.2) is 24.3 Å². The van der Waals surface area contributed by atoms with Crippen LogP contribution in [0.25, 0.3) is 0 Å². The van der Waals surface area contributed by atoms with Crippen molar-refractivity contribution in [3.63, 3.8) is 0 Å². The topological polar surface area (TPSA) is 29.5 Å². The van der Waals surface area contributed by atoms with Crippen molar-refractivity contribution in [2.45, 2.75) is 58.7 Å². The smallest absolute Gasteiger partial charge is 0.411 e. The van der Waals surface area contributed by atoms with Gasteiger partial charge >= 0.3 is 6.09 Å². The van der Waals surface area contributed by atoms with Crippen LogP contribution in [0.2, 0.25) is 0 Å². The largest absolute Gasteiger partial charge is 0.439 e. The van der Waals surface area contributed by atoms with Crippen LogP contribution in [0, 0.1) is 6.92 Å². The zero-order chi connectivity index (χ0) is 14.2. The van der Waals surface area contributed by atoms with Gasteiger partial charge in [-0.3, -0.25) is 4.90 Å². The summed E-state index contributed by atoms with van der Waals surface area (Å²) < 4.78 is 5.60. The van der Waals surface area contributed by atoms with Crippen LogP contribution >= 0.6 is 0 Å². The van der Waals surface area contributed by atoms with E-state index in [1.54, 1.807) is 0 Å². The second-order valence-electron chi connectivity index (χ2n) is 6.00. The van der Waals surface area contributed by atoms with Crippen molar-refractivity contribution in [3.05, 3.63) is 35.4 Å². The Morgan fingerprint density at radius 1 is 1.37 bits per heavy atom. The summed E-state index contributed by atoms with van der Waals surface area (Å²) in [6.07, 6.45) is 0.538. The molecule has 1 fully saturated rings. The molecule has 1 heterocycles.